The van der Waals surface area contributed by atoms with E-state index in [0.717, 1.165) is 19.4 Å². The Kier molecular flexibility index (Phi) is 10.7. The van der Waals surface area contributed by atoms with Crippen LogP contribution in [0.25, 0.3) is 0 Å². The fraction of sp³-hybridized carbons (Fsp3) is 0.867. The molecule has 21 heavy (non-hydrogen) atoms. The highest BCUT2D eigenvalue weighted by atomic mass is 16.4. The molecule has 6 nitrogen and oxygen atoms in total. The Labute approximate surface area is 128 Å². The first-order valence-electron chi connectivity index (χ1n) is 7.76. The van der Waals surface area contributed by atoms with Gasteiger partial charge in [-0.15, -0.1) is 0 Å². The number of hydrogen-bond donors (Lipinski definition) is 3. The molecule has 0 bridgehead atoms. The van der Waals surface area contributed by atoms with Crippen molar-refractivity contribution in [2.24, 2.45) is 5.92 Å². The minimum Gasteiger partial charge on any atom is -0.481 e. The Balaban J connectivity index is 3.52. The largest absolute Gasteiger partial charge is 0.481 e. The van der Waals surface area contributed by atoms with Crippen LogP contribution in [-0.2, 0) is 4.79 Å². The van der Waals surface area contributed by atoms with Crippen molar-refractivity contribution in [3.05, 3.63) is 0 Å². The van der Waals surface area contributed by atoms with Gasteiger partial charge in [0.15, 0.2) is 0 Å². The van der Waals surface area contributed by atoms with E-state index in [1.54, 1.807) is 0 Å². The second-order valence-corrected chi connectivity index (χ2v) is 5.94. The molecular weight excluding hydrogens is 270 g/mol. The lowest BCUT2D eigenvalue weighted by Gasteiger charge is -2.20. The SMILES string of the molecule is CC(CCNC(=O)NCCCN(C)C(C)C)CCC(=O)O. The number of carboxylic acid groups (broad SMARTS) is 1. The number of carbonyl (C=O) groups excluding carboxylic acids is 1. The first kappa shape index (κ1) is 19.7. The molecule has 0 aliphatic heterocycles. The average Bonchev–Trinajstić information content (AvgIpc) is 2.40. The fourth-order valence-electron chi connectivity index (χ4n) is 1.80. The highest BCUT2D eigenvalue weighted by Crippen LogP contribution is 2.08. The van der Waals surface area contributed by atoms with Crippen molar-refractivity contribution in [1.82, 2.24) is 15.5 Å². The summed E-state index contributed by atoms with van der Waals surface area (Å²) >= 11 is 0. The predicted octanol–water partition coefficient (Wildman–Crippen LogP) is 1.91. The van der Waals surface area contributed by atoms with Crippen molar-refractivity contribution in [3.8, 4) is 0 Å². The van der Waals surface area contributed by atoms with Gasteiger partial charge in [0, 0.05) is 25.6 Å². The maximum Gasteiger partial charge on any atom is 0.314 e. The number of amides is 2. The highest BCUT2D eigenvalue weighted by molar-refractivity contribution is 5.73. The van der Waals surface area contributed by atoms with Crippen LogP contribution < -0.4 is 10.6 Å². The number of carbonyl (C=O) groups is 2. The first-order chi connectivity index (χ1) is 9.82. The Morgan fingerprint density at radius 3 is 2.29 bits per heavy atom. The molecule has 0 aromatic carbocycles. The van der Waals surface area contributed by atoms with Crippen LogP contribution in [0.5, 0.6) is 0 Å². The minimum absolute atomic E-state index is 0.146. The van der Waals surface area contributed by atoms with Gasteiger partial charge < -0.3 is 20.6 Å². The van der Waals surface area contributed by atoms with E-state index in [4.69, 9.17) is 5.11 Å². The van der Waals surface area contributed by atoms with Crippen LogP contribution in [0, 0.1) is 5.92 Å². The van der Waals surface area contributed by atoms with E-state index in [-0.39, 0.29) is 12.5 Å². The quantitative estimate of drug-likeness (QED) is 0.509. The Morgan fingerprint density at radius 2 is 1.71 bits per heavy atom. The maximum atomic E-state index is 11.5. The molecule has 0 fully saturated rings. The molecule has 3 N–H and O–H groups in total. The van der Waals surface area contributed by atoms with Gasteiger partial charge in [0.05, 0.1) is 0 Å². The van der Waals surface area contributed by atoms with E-state index in [1.807, 2.05) is 6.92 Å². The summed E-state index contributed by atoms with van der Waals surface area (Å²) in [6.45, 7) is 8.50. The van der Waals surface area contributed by atoms with Crippen molar-refractivity contribution >= 4 is 12.0 Å². The Hall–Kier alpha value is -1.30. The molecule has 1 atom stereocenters. The predicted molar refractivity (Wildman–Crippen MR) is 84.4 cm³/mol. The molecule has 6 heteroatoms. The number of nitrogens with one attached hydrogen (secondary N) is 2. The zero-order valence-electron chi connectivity index (χ0n) is 13.8. The second-order valence-electron chi connectivity index (χ2n) is 5.94. The third kappa shape index (κ3) is 12.2. The number of rotatable bonds is 11. The minimum atomic E-state index is -0.765. The molecule has 0 aromatic rings. The van der Waals surface area contributed by atoms with E-state index < -0.39 is 5.97 Å². The molecule has 0 spiro atoms. The van der Waals surface area contributed by atoms with Gasteiger partial charge in [-0.2, -0.15) is 0 Å². The van der Waals surface area contributed by atoms with Crippen LogP contribution in [0.1, 0.15) is 46.5 Å². The van der Waals surface area contributed by atoms with Gasteiger partial charge in [0.25, 0.3) is 0 Å². The number of hydrogen-bond acceptors (Lipinski definition) is 3. The molecule has 124 valence electrons. The molecule has 0 aromatic heterocycles. The van der Waals surface area contributed by atoms with Crippen molar-refractivity contribution < 1.29 is 14.7 Å². The summed E-state index contributed by atoms with van der Waals surface area (Å²) < 4.78 is 0. The summed E-state index contributed by atoms with van der Waals surface area (Å²) in [7, 11) is 2.07. The second kappa shape index (κ2) is 11.4. The van der Waals surface area contributed by atoms with Crippen LogP contribution in [0.2, 0.25) is 0 Å². The first-order valence-corrected chi connectivity index (χ1v) is 7.76. The third-order valence-corrected chi connectivity index (χ3v) is 3.63. The van der Waals surface area contributed by atoms with Gasteiger partial charge in [-0.05, 0) is 52.6 Å². The van der Waals surface area contributed by atoms with E-state index in [1.165, 1.54) is 0 Å². The Morgan fingerprint density at radius 1 is 1.10 bits per heavy atom. The van der Waals surface area contributed by atoms with E-state index in [9.17, 15) is 9.59 Å². The lowest BCUT2D eigenvalue weighted by molar-refractivity contribution is -0.137. The Bertz CT molecular complexity index is 309. The van der Waals surface area contributed by atoms with Crippen LogP contribution in [0.3, 0.4) is 0 Å². The van der Waals surface area contributed by atoms with Gasteiger partial charge in [-0.25, -0.2) is 4.79 Å². The fourth-order valence-corrected chi connectivity index (χ4v) is 1.80. The number of aliphatic carboxylic acids is 1. The number of carboxylic acids is 1. The van der Waals surface area contributed by atoms with Crippen LogP contribution >= 0.6 is 0 Å². The van der Waals surface area contributed by atoms with E-state index >= 15 is 0 Å². The lowest BCUT2D eigenvalue weighted by Crippen LogP contribution is -2.38. The molecule has 0 aliphatic rings. The zero-order valence-corrected chi connectivity index (χ0v) is 13.8. The van der Waals surface area contributed by atoms with Crippen molar-refractivity contribution in [1.29, 1.82) is 0 Å². The van der Waals surface area contributed by atoms with Gasteiger partial charge in [0.1, 0.15) is 0 Å². The van der Waals surface area contributed by atoms with Crippen LogP contribution in [0.15, 0.2) is 0 Å². The molecule has 0 rings (SSSR count). The zero-order chi connectivity index (χ0) is 16.3. The molecule has 1 unspecified atom stereocenters. The maximum absolute atomic E-state index is 11.5. The standard InChI is InChI=1S/C15H31N3O3/c1-12(2)18(4)11-5-9-16-15(21)17-10-8-13(3)6-7-14(19)20/h12-13H,5-11H2,1-4H3,(H,19,20)(H2,16,17,21). The van der Waals surface area contributed by atoms with E-state index in [0.29, 0.717) is 31.5 Å². The van der Waals surface area contributed by atoms with Gasteiger partial charge in [0.2, 0.25) is 0 Å². The van der Waals surface area contributed by atoms with Crippen LogP contribution in [-0.4, -0.2) is 54.7 Å². The number of nitrogens with zero attached hydrogens (tertiary/aromatic N) is 1. The summed E-state index contributed by atoms with van der Waals surface area (Å²) in [5.74, 6) is -0.458. The molecular formula is C15H31N3O3. The summed E-state index contributed by atoms with van der Waals surface area (Å²) in [6.07, 6.45) is 2.57. The number of urea groups is 1. The van der Waals surface area contributed by atoms with Crippen LogP contribution in [0.4, 0.5) is 4.79 Å². The monoisotopic (exact) mass is 301 g/mol. The van der Waals surface area contributed by atoms with E-state index in [2.05, 4.69) is 36.4 Å². The van der Waals surface area contributed by atoms with Gasteiger partial charge >= 0.3 is 12.0 Å². The molecule has 0 heterocycles. The van der Waals surface area contributed by atoms with Gasteiger partial charge in [-0.3, -0.25) is 4.79 Å². The highest BCUT2D eigenvalue weighted by Gasteiger charge is 2.07. The summed E-state index contributed by atoms with van der Waals surface area (Å²) in [4.78, 5) is 24.2. The van der Waals surface area contributed by atoms with Gasteiger partial charge in [-0.1, -0.05) is 6.92 Å². The molecule has 0 saturated heterocycles. The summed E-state index contributed by atoms with van der Waals surface area (Å²) in [5.41, 5.74) is 0. The van der Waals surface area contributed by atoms with Crippen molar-refractivity contribution in [2.75, 3.05) is 26.7 Å². The topological polar surface area (TPSA) is 81.7 Å². The molecule has 0 radical (unpaired) electrons. The van der Waals surface area contributed by atoms with Crippen molar-refractivity contribution in [2.45, 2.75) is 52.5 Å². The molecule has 0 aliphatic carbocycles. The summed E-state index contributed by atoms with van der Waals surface area (Å²) in [6, 6.07) is 0.374. The smallest absolute Gasteiger partial charge is 0.314 e. The lowest BCUT2D eigenvalue weighted by atomic mass is 10.0. The van der Waals surface area contributed by atoms with Crippen molar-refractivity contribution in [3.63, 3.8) is 0 Å². The molecule has 2 amide bonds. The summed E-state index contributed by atoms with van der Waals surface area (Å²) in [5, 5.41) is 14.2. The average molecular weight is 301 g/mol. The molecule has 0 saturated carbocycles. The third-order valence-electron chi connectivity index (χ3n) is 3.63. The normalized spacial score (nSPS) is 12.5.